The van der Waals surface area contributed by atoms with E-state index in [0.717, 1.165) is 11.4 Å². The van der Waals surface area contributed by atoms with Crippen molar-refractivity contribution < 1.29 is 0 Å². The van der Waals surface area contributed by atoms with Gasteiger partial charge in [0.05, 0.1) is 0 Å². The lowest BCUT2D eigenvalue weighted by Crippen LogP contribution is -2.08. The molecule has 0 bridgehead atoms. The van der Waals surface area contributed by atoms with Gasteiger partial charge in [0, 0.05) is 11.4 Å². The third-order valence-corrected chi connectivity index (χ3v) is 2.73. The van der Waals surface area contributed by atoms with Gasteiger partial charge in [-0.15, -0.1) is 0 Å². The van der Waals surface area contributed by atoms with Gasteiger partial charge in [0.25, 0.3) is 0 Å². The second-order valence-electron chi connectivity index (χ2n) is 5.25. The molecule has 1 heteroatoms. The highest BCUT2D eigenvalue weighted by Crippen LogP contribution is 2.24. The van der Waals surface area contributed by atoms with Crippen molar-refractivity contribution in [2.45, 2.75) is 41.5 Å². The van der Waals surface area contributed by atoms with Crippen molar-refractivity contribution in [1.82, 2.24) is 0 Å². The molecule has 0 rings (SSSR count). The van der Waals surface area contributed by atoms with Gasteiger partial charge in [-0.1, -0.05) is 60.8 Å². The summed E-state index contributed by atoms with van der Waals surface area (Å²) in [6.07, 6.45) is 3.79. The van der Waals surface area contributed by atoms with Crippen LogP contribution in [0.4, 0.5) is 0 Å². The molecular formula is C16H27N. The Morgan fingerprint density at radius 1 is 0.824 bits per heavy atom. The number of aliphatic imine (C=N–C) groups is 1. The van der Waals surface area contributed by atoms with Crippen molar-refractivity contribution in [1.29, 1.82) is 0 Å². The van der Waals surface area contributed by atoms with Gasteiger partial charge in [0.1, 0.15) is 0 Å². The van der Waals surface area contributed by atoms with Gasteiger partial charge in [-0.3, -0.25) is 4.99 Å². The lowest BCUT2D eigenvalue weighted by atomic mass is 9.95. The van der Waals surface area contributed by atoms with Crippen LogP contribution in [0.15, 0.2) is 41.6 Å². The summed E-state index contributed by atoms with van der Waals surface area (Å²) < 4.78 is 0. The Balaban J connectivity index is 5.68. The maximum Gasteiger partial charge on any atom is 0.0466 e. The molecule has 0 aromatic rings. The molecule has 1 nitrogen and oxygen atoms in total. The van der Waals surface area contributed by atoms with Gasteiger partial charge < -0.3 is 0 Å². The first kappa shape index (κ1) is 15.9. The van der Waals surface area contributed by atoms with E-state index in [1.54, 1.807) is 0 Å². The average Bonchev–Trinajstić information content (AvgIpc) is 2.22. The van der Waals surface area contributed by atoms with E-state index in [4.69, 9.17) is 4.99 Å². The Bertz CT molecular complexity index is 327. The third kappa shape index (κ3) is 4.72. The van der Waals surface area contributed by atoms with Gasteiger partial charge >= 0.3 is 0 Å². The summed E-state index contributed by atoms with van der Waals surface area (Å²) in [5, 5.41) is 0. The molecule has 96 valence electrons. The summed E-state index contributed by atoms with van der Waals surface area (Å²) in [5.41, 5.74) is 3.42. The summed E-state index contributed by atoms with van der Waals surface area (Å²) in [7, 11) is 0. The molecule has 17 heavy (non-hydrogen) atoms. The first-order valence-electron chi connectivity index (χ1n) is 6.42. The van der Waals surface area contributed by atoms with Crippen LogP contribution in [0.25, 0.3) is 0 Å². The van der Waals surface area contributed by atoms with E-state index in [1.165, 1.54) is 5.57 Å². The molecule has 0 aliphatic heterocycles. The fraction of sp³-hybridized carbons (Fsp3) is 0.562. The number of rotatable bonds is 6. The molecule has 0 heterocycles. The van der Waals surface area contributed by atoms with Crippen molar-refractivity contribution in [2.24, 2.45) is 22.7 Å². The molecular weight excluding hydrogens is 206 g/mol. The molecule has 0 unspecified atom stereocenters. The summed E-state index contributed by atoms with van der Waals surface area (Å²) in [5.74, 6) is 1.26. The minimum atomic E-state index is 0.402. The first-order valence-corrected chi connectivity index (χ1v) is 6.42. The van der Waals surface area contributed by atoms with Crippen LogP contribution in [-0.2, 0) is 0 Å². The third-order valence-electron chi connectivity index (χ3n) is 2.73. The van der Waals surface area contributed by atoms with Crippen LogP contribution in [0.5, 0.6) is 0 Å². The van der Waals surface area contributed by atoms with E-state index in [0.29, 0.717) is 17.8 Å². The fourth-order valence-electron chi connectivity index (χ4n) is 1.71. The zero-order valence-corrected chi connectivity index (χ0v) is 12.2. The Labute approximate surface area is 107 Å². The molecule has 0 atom stereocenters. The largest absolute Gasteiger partial charge is 0.257 e. The molecule has 0 amide bonds. The highest BCUT2D eigenvalue weighted by atomic mass is 14.8. The molecule has 0 aromatic carbocycles. The topological polar surface area (TPSA) is 12.4 Å². The Morgan fingerprint density at radius 2 is 1.35 bits per heavy atom. The second-order valence-corrected chi connectivity index (χ2v) is 5.25. The summed E-state index contributed by atoms with van der Waals surface area (Å²) in [6.45, 7) is 20.7. The number of hydrogen-bond acceptors (Lipinski definition) is 1. The minimum Gasteiger partial charge on any atom is -0.257 e. The van der Waals surface area contributed by atoms with Gasteiger partial charge in [-0.25, -0.2) is 0 Å². The minimum absolute atomic E-state index is 0.402. The van der Waals surface area contributed by atoms with Crippen LogP contribution in [0.3, 0.4) is 0 Å². The molecule has 0 aliphatic carbocycles. The number of allylic oxidation sites excluding steroid dienone is 4. The zero-order chi connectivity index (χ0) is 13.6. The molecule has 0 fully saturated rings. The van der Waals surface area contributed by atoms with Crippen molar-refractivity contribution >= 4 is 5.71 Å². The molecule has 0 aromatic heterocycles. The van der Waals surface area contributed by atoms with E-state index >= 15 is 0 Å². The van der Waals surface area contributed by atoms with E-state index in [1.807, 2.05) is 12.2 Å². The summed E-state index contributed by atoms with van der Waals surface area (Å²) in [6, 6.07) is 0. The Morgan fingerprint density at radius 3 is 1.59 bits per heavy atom. The fourth-order valence-corrected chi connectivity index (χ4v) is 1.71. The average molecular weight is 233 g/mol. The predicted molar refractivity (Wildman–Crippen MR) is 79.4 cm³/mol. The number of nitrogens with zero attached hydrogens (tertiary/aromatic N) is 1. The van der Waals surface area contributed by atoms with Crippen molar-refractivity contribution in [3.63, 3.8) is 0 Å². The highest BCUT2D eigenvalue weighted by Gasteiger charge is 2.12. The lowest BCUT2D eigenvalue weighted by Gasteiger charge is -2.17. The van der Waals surface area contributed by atoms with Crippen LogP contribution in [-0.4, -0.2) is 5.71 Å². The van der Waals surface area contributed by atoms with Gasteiger partial charge in [-0.2, -0.15) is 0 Å². The molecule has 0 aliphatic rings. The first-order chi connectivity index (χ1) is 7.84. The maximum absolute atomic E-state index is 4.79. The number of hydrogen-bond donors (Lipinski definition) is 0. The van der Waals surface area contributed by atoms with Crippen LogP contribution in [0.2, 0.25) is 0 Å². The van der Waals surface area contributed by atoms with Gasteiger partial charge in [0.2, 0.25) is 0 Å². The van der Waals surface area contributed by atoms with E-state index in [2.05, 4.69) is 54.7 Å². The van der Waals surface area contributed by atoms with E-state index in [-0.39, 0.29) is 0 Å². The standard InChI is InChI=1S/C16H27N/c1-9-14(11(3)4)16(13(7)8)17-15(10-2)12(5)6/h9-13H,1-2H2,3-8H3/b16-14+,17-15?. The van der Waals surface area contributed by atoms with E-state index in [9.17, 15) is 0 Å². The molecule has 0 radical (unpaired) electrons. The van der Waals surface area contributed by atoms with Gasteiger partial charge in [0.15, 0.2) is 0 Å². The summed E-state index contributed by atoms with van der Waals surface area (Å²) >= 11 is 0. The summed E-state index contributed by atoms with van der Waals surface area (Å²) in [4.78, 5) is 4.79. The monoisotopic (exact) mass is 233 g/mol. The highest BCUT2D eigenvalue weighted by molar-refractivity contribution is 5.96. The Kier molecular flexibility index (Phi) is 6.79. The van der Waals surface area contributed by atoms with Crippen molar-refractivity contribution in [2.75, 3.05) is 0 Å². The van der Waals surface area contributed by atoms with Crippen LogP contribution >= 0.6 is 0 Å². The van der Waals surface area contributed by atoms with E-state index < -0.39 is 0 Å². The zero-order valence-electron chi connectivity index (χ0n) is 12.2. The van der Waals surface area contributed by atoms with Crippen LogP contribution in [0.1, 0.15) is 41.5 Å². The smallest absolute Gasteiger partial charge is 0.0466 e. The Hall–Kier alpha value is -1.11. The lowest BCUT2D eigenvalue weighted by molar-refractivity contribution is 0.695. The quantitative estimate of drug-likeness (QED) is 0.451. The van der Waals surface area contributed by atoms with Gasteiger partial charge in [-0.05, 0) is 29.4 Å². The van der Waals surface area contributed by atoms with Crippen molar-refractivity contribution in [3.8, 4) is 0 Å². The molecule has 0 spiro atoms. The van der Waals surface area contributed by atoms with Crippen molar-refractivity contribution in [3.05, 3.63) is 36.6 Å². The van der Waals surface area contributed by atoms with Crippen LogP contribution in [0, 0.1) is 17.8 Å². The van der Waals surface area contributed by atoms with Crippen LogP contribution < -0.4 is 0 Å². The normalized spacial score (nSPS) is 14.3. The molecule has 0 saturated heterocycles. The molecule has 0 N–H and O–H groups in total. The maximum atomic E-state index is 4.79. The predicted octanol–water partition coefficient (Wildman–Crippen LogP) is 5.02. The second kappa shape index (κ2) is 7.26. The SMILES string of the molecule is C=CC(=N/C(=C(\C=C)C(C)C)C(C)C)C(C)C. The molecule has 0 saturated carbocycles.